The highest BCUT2D eigenvalue weighted by Crippen LogP contribution is 2.49. The molecule has 0 spiro atoms. The quantitative estimate of drug-likeness (QED) is 0.221. The Morgan fingerprint density at radius 2 is 1.74 bits per heavy atom. The molecule has 1 amide bonds. The molecule has 12 heteroatoms. The van der Waals surface area contributed by atoms with Crippen molar-refractivity contribution in [1.82, 2.24) is 48.8 Å². The van der Waals surface area contributed by atoms with Crippen LogP contribution in [0.15, 0.2) is 42.9 Å². The second-order valence-corrected chi connectivity index (χ2v) is 13.3. The van der Waals surface area contributed by atoms with Crippen molar-refractivity contribution in [3.63, 3.8) is 0 Å². The summed E-state index contributed by atoms with van der Waals surface area (Å²) < 4.78 is 13.9. The summed E-state index contributed by atoms with van der Waals surface area (Å²) in [6.07, 6.45) is 12.8. The summed E-state index contributed by atoms with van der Waals surface area (Å²) in [5.74, 6) is 2.15. The van der Waals surface area contributed by atoms with E-state index < -0.39 is 0 Å². The summed E-state index contributed by atoms with van der Waals surface area (Å²) in [5, 5.41) is 16.3. The number of nitrogens with zero attached hydrogens (tertiary/aromatic N) is 10. The van der Waals surface area contributed by atoms with Crippen LogP contribution in [0, 0.1) is 0 Å². The summed E-state index contributed by atoms with van der Waals surface area (Å²) in [6.45, 7) is -0.0856. The third-order valence-corrected chi connectivity index (χ3v) is 9.43. The zero-order valence-corrected chi connectivity index (χ0v) is 26.5. The molecule has 6 aromatic rings. The predicted octanol–water partition coefficient (Wildman–Crippen LogP) is 5.13. The molecule has 9 rings (SSSR count). The van der Waals surface area contributed by atoms with Crippen molar-refractivity contribution in [3.05, 3.63) is 54.2 Å². The number of likely N-dealkylation sites (N-methyl/N-ethyl adjacent to an activating group) is 1. The van der Waals surface area contributed by atoms with Crippen molar-refractivity contribution in [2.75, 3.05) is 20.7 Å². The van der Waals surface area contributed by atoms with Gasteiger partial charge in [0.15, 0.2) is 12.3 Å². The maximum atomic E-state index is 12.3. The fourth-order valence-electron chi connectivity index (χ4n) is 6.49. The second-order valence-electron chi connectivity index (χ2n) is 13.3. The third-order valence-electron chi connectivity index (χ3n) is 9.43. The lowest BCUT2D eigenvalue weighted by molar-refractivity contribution is -0.130. The highest BCUT2D eigenvalue weighted by atomic mass is 16.5. The average molecular weight is 617 g/mol. The Morgan fingerprint density at radius 1 is 0.935 bits per heavy atom. The summed E-state index contributed by atoms with van der Waals surface area (Å²) >= 11 is 0. The van der Waals surface area contributed by atoms with Gasteiger partial charge < -0.3 is 14.2 Å². The number of aryl methyl sites for hydroxylation is 1. The number of imidazole rings is 1. The number of ether oxygens (including phenoxy) is 1. The Bertz CT molecular complexity index is 2170. The lowest BCUT2D eigenvalue weighted by Crippen LogP contribution is -2.27. The Morgan fingerprint density at radius 3 is 2.48 bits per heavy atom. The summed E-state index contributed by atoms with van der Waals surface area (Å²) in [5.41, 5.74) is 7.89. The highest BCUT2D eigenvalue weighted by Gasteiger charge is 2.35. The number of carbonyl (C=O) groups excluding carboxylic acids is 1. The van der Waals surface area contributed by atoms with E-state index in [0.717, 1.165) is 94.5 Å². The van der Waals surface area contributed by atoms with Crippen molar-refractivity contribution in [2.45, 2.75) is 56.4 Å². The highest BCUT2D eigenvalue weighted by molar-refractivity contribution is 5.95. The minimum Gasteiger partial charge on any atom is -0.465 e. The van der Waals surface area contributed by atoms with Gasteiger partial charge in [0.25, 0.3) is 11.8 Å². The van der Waals surface area contributed by atoms with Crippen LogP contribution in [0.1, 0.15) is 67.8 Å². The molecule has 3 aliphatic rings. The molecule has 0 bridgehead atoms. The Balaban J connectivity index is 1.17. The van der Waals surface area contributed by atoms with Crippen LogP contribution in [-0.2, 0) is 18.9 Å². The molecule has 0 saturated heterocycles. The predicted molar refractivity (Wildman–Crippen MR) is 173 cm³/mol. The van der Waals surface area contributed by atoms with Crippen molar-refractivity contribution in [2.24, 2.45) is 14.1 Å². The Hall–Kier alpha value is -5.00. The van der Waals surface area contributed by atoms with Gasteiger partial charge in [-0.25, -0.2) is 14.6 Å². The molecule has 5 heterocycles. The SMILES string of the molecule is CN(C)C(=O)COc1nn(C2CC2)cc1-n1cc2c(-c3nc(-c4cc5cn(C)nc5nc4C4CC4)n(C)c3C3CC3)cccc2n1. The minimum absolute atomic E-state index is 0.0856. The minimum atomic E-state index is -0.124. The van der Waals surface area contributed by atoms with Gasteiger partial charge in [-0.2, -0.15) is 10.2 Å². The van der Waals surface area contributed by atoms with Crippen LogP contribution in [-0.4, -0.2) is 75.4 Å². The van der Waals surface area contributed by atoms with E-state index in [2.05, 4.69) is 34.9 Å². The van der Waals surface area contributed by atoms with Crippen LogP contribution in [0.4, 0.5) is 0 Å². The fourth-order valence-corrected chi connectivity index (χ4v) is 6.49. The molecule has 12 nitrogen and oxygen atoms in total. The molecule has 3 fully saturated rings. The zero-order valence-electron chi connectivity index (χ0n) is 26.5. The van der Waals surface area contributed by atoms with E-state index in [1.54, 1.807) is 14.1 Å². The standard InChI is InChI=1S/C34H36N10O2/c1-40(2)28(45)18-46-34-27(17-43(39-34)22-12-13-22)44-16-25-23(6-5-7-26(25)37-44)30-31(20-10-11-20)42(4)33(36-30)24-14-21-15-41(3)38-32(21)35-29(24)19-8-9-19/h5-7,14-17,19-20,22H,8-13,18H2,1-4H3. The molecule has 0 radical (unpaired) electrons. The summed E-state index contributed by atoms with van der Waals surface area (Å²) in [6, 6.07) is 8.82. The molecule has 0 aliphatic heterocycles. The van der Waals surface area contributed by atoms with E-state index >= 15 is 0 Å². The monoisotopic (exact) mass is 616 g/mol. The van der Waals surface area contributed by atoms with Gasteiger partial charge in [-0.3, -0.25) is 14.2 Å². The van der Waals surface area contributed by atoms with Gasteiger partial charge in [0.2, 0.25) is 0 Å². The van der Waals surface area contributed by atoms with E-state index in [0.29, 0.717) is 23.8 Å². The number of pyridine rings is 1. The van der Waals surface area contributed by atoms with E-state index in [1.165, 1.54) is 10.6 Å². The van der Waals surface area contributed by atoms with E-state index in [9.17, 15) is 4.79 Å². The molecule has 0 unspecified atom stereocenters. The maximum absolute atomic E-state index is 12.3. The first kappa shape index (κ1) is 27.3. The third kappa shape index (κ3) is 4.57. The van der Waals surface area contributed by atoms with E-state index in [-0.39, 0.29) is 12.5 Å². The van der Waals surface area contributed by atoms with E-state index in [1.807, 2.05) is 45.7 Å². The summed E-state index contributed by atoms with van der Waals surface area (Å²) in [4.78, 5) is 24.3. The number of benzene rings is 1. The lowest BCUT2D eigenvalue weighted by Gasteiger charge is -2.10. The van der Waals surface area contributed by atoms with E-state index in [4.69, 9.17) is 24.9 Å². The number of amides is 1. The van der Waals surface area contributed by atoms with Gasteiger partial charge in [0, 0.05) is 80.0 Å². The van der Waals surface area contributed by atoms with Crippen molar-refractivity contribution in [1.29, 1.82) is 0 Å². The number of aromatic nitrogens is 9. The smallest absolute Gasteiger partial charge is 0.260 e. The maximum Gasteiger partial charge on any atom is 0.260 e. The zero-order chi connectivity index (χ0) is 31.3. The molecule has 3 saturated carbocycles. The van der Waals surface area contributed by atoms with Gasteiger partial charge in [-0.1, -0.05) is 12.1 Å². The normalized spacial score (nSPS) is 16.5. The van der Waals surface area contributed by atoms with Crippen molar-refractivity contribution >= 4 is 27.8 Å². The molecule has 1 aromatic carbocycles. The molecule has 234 valence electrons. The largest absolute Gasteiger partial charge is 0.465 e. The first-order valence-corrected chi connectivity index (χ1v) is 16.1. The van der Waals surface area contributed by atoms with Gasteiger partial charge >= 0.3 is 0 Å². The van der Waals surface area contributed by atoms with Crippen molar-refractivity contribution < 1.29 is 9.53 Å². The lowest BCUT2D eigenvalue weighted by atomic mass is 10.0. The fraction of sp³-hybridized carbons (Fsp3) is 0.412. The van der Waals surface area contributed by atoms with Crippen LogP contribution >= 0.6 is 0 Å². The number of hydrogen-bond donors (Lipinski definition) is 0. The number of carbonyl (C=O) groups is 1. The second kappa shape index (κ2) is 10.0. The van der Waals surface area contributed by atoms with Crippen LogP contribution in [0.3, 0.4) is 0 Å². The molecular weight excluding hydrogens is 580 g/mol. The molecular formula is C34H36N10O2. The topological polar surface area (TPSA) is 114 Å². The summed E-state index contributed by atoms with van der Waals surface area (Å²) in [7, 11) is 7.53. The van der Waals surface area contributed by atoms with Gasteiger partial charge in [0.1, 0.15) is 11.5 Å². The van der Waals surface area contributed by atoms with Gasteiger partial charge in [-0.05, 0) is 50.7 Å². The molecule has 5 aromatic heterocycles. The number of rotatable bonds is 9. The molecule has 46 heavy (non-hydrogen) atoms. The van der Waals surface area contributed by atoms with Crippen LogP contribution in [0.25, 0.3) is 50.3 Å². The Labute approximate surface area is 265 Å². The van der Waals surface area contributed by atoms with Gasteiger partial charge in [-0.15, -0.1) is 5.10 Å². The number of fused-ring (bicyclic) bond motifs is 2. The molecule has 0 N–H and O–H groups in total. The van der Waals surface area contributed by atoms with Crippen LogP contribution in [0.2, 0.25) is 0 Å². The first-order chi connectivity index (χ1) is 22.3. The average Bonchev–Trinajstić information content (AvgIpc) is 3.99. The van der Waals surface area contributed by atoms with Crippen LogP contribution < -0.4 is 4.74 Å². The molecule has 3 aliphatic carbocycles. The van der Waals surface area contributed by atoms with Crippen LogP contribution in [0.5, 0.6) is 5.88 Å². The van der Waals surface area contributed by atoms with Crippen molar-refractivity contribution in [3.8, 4) is 34.2 Å². The molecule has 0 atom stereocenters. The Kier molecular flexibility index (Phi) is 5.94. The number of hydrogen-bond acceptors (Lipinski definition) is 7. The van der Waals surface area contributed by atoms with Gasteiger partial charge in [0.05, 0.1) is 29.1 Å². The first-order valence-electron chi connectivity index (χ1n) is 16.1.